The second-order valence-electron chi connectivity index (χ2n) is 5.14. The Bertz CT molecular complexity index is 672. The first-order valence-corrected chi connectivity index (χ1v) is 8.52. The molecule has 1 N–H and O–H groups in total. The summed E-state index contributed by atoms with van der Waals surface area (Å²) in [6.45, 7) is 3.05. The second-order valence-corrected chi connectivity index (χ2v) is 6.61. The van der Waals surface area contributed by atoms with Crippen molar-refractivity contribution in [1.82, 2.24) is 15.2 Å². The Morgan fingerprint density at radius 3 is 2.79 bits per heavy atom. The molecule has 1 heterocycles. The number of thiazole rings is 1. The van der Waals surface area contributed by atoms with Crippen molar-refractivity contribution in [2.24, 2.45) is 4.99 Å². The summed E-state index contributed by atoms with van der Waals surface area (Å²) in [5.74, 6) is 0.383. The maximum absolute atomic E-state index is 13.9. The molecule has 0 saturated heterocycles. The lowest BCUT2D eigenvalue weighted by Gasteiger charge is -2.22. The van der Waals surface area contributed by atoms with E-state index in [4.69, 9.17) is 11.6 Å². The van der Waals surface area contributed by atoms with Crippen LogP contribution >= 0.6 is 46.9 Å². The Labute approximate surface area is 168 Å². The van der Waals surface area contributed by atoms with E-state index in [1.54, 1.807) is 30.5 Å². The average Bonchev–Trinajstić information content (AvgIpc) is 2.93. The number of nitrogens with one attached hydrogen (secondary N) is 1. The molecule has 2 aromatic rings. The minimum Gasteiger partial charge on any atom is -0.356 e. The van der Waals surface area contributed by atoms with Gasteiger partial charge in [0.05, 0.1) is 10.7 Å². The number of nitrogens with zero attached hydrogens (tertiary/aromatic N) is 3. The zero-order valence-electron chi connectivity index (χ0n) is 13.8. The largest absolute Gasteiger partial charge is 0.356 e. The summed E-state index contributed by atoms with van der Waals surface area (Å²) in [4.78, 5) is 10.5. The Kier molecular flexibility index (Phi) is 8.93. The molecule has 8 heteroatoms. The summed E-state index contributed by atoms with van der Waals surface area (Å²) < 4.78 is 13.9. The fraction of sp³-hybridized carbons (Fsp3) is 0.375. The van der Waals surface area contributed by atoms with Crippen LogP contribution in [0.15, 0.2) is 28.6 Å². The third-order valence-electron chi connectivity index (χ3n) is 3.36. The van der Waals surface area contributed by atoms with Gasteiger partial charge in [0.15, 0.2) is 5.96 Å². The van der Waals surface area contributed by atoms with Crippen molar-refractivity contribution in [1.29, 1.82) is 0 Å². The predicted octanol–water partition coefficient (Wildman–Crippen LogP) is 4.11. The third kappa shape index (κ3) is 5.86. The molecule has 1 aromatic carbocycles. The smallest absolute Gasteiger partial charge is 0.193 e. The van der Waals surface area contributed by atoms with Crippen LogP contribution in [0.25, 0.3) is 0 Å². The van der Waals surface area contributed by atoms with E-state index >= 15 is 0 Å². The predicted molar refractivity (Wildman–Crippen MR) is 110 cm³/mol. The molecule has 0 aliphatic carbocycles. The van der Waals surface area contributed by atoms with Gasteiger partial charge >= 0.3 is 0 Å². The van der Waals surface area contributed by atoms with Crippen LogP contribution in [0.2, 0.25) is 5.02 Å². The number of hydrogen-bond acceptors (Lipinski definition) is 3. The number of aryl methyl sites for hydroxylation is 1. The van der Waals surface area contributed by atoms with E-state index in [9.17, 15) is 4.39 Å². The minimum atomic E-state index is -0.308. The van der Waals surface area contributed by atoms with Gasteiger partial charge in [-0.15, -0.1) is 35.3 Å². The molecule has 1 aromatic heterocycles. The van der Waals surface area contributed by atoms with Gasteiger partial charge in [0.2, 0.25) is 0 Å². The van der Waals surface area contributed by atoms with Gasteiger partial charge in [-0.25, -0.2) is 9.37 Å². The molecule has 0 spiro atoms. The lowest BCUT2D eigenvalue weighted by atomic mass is 10.2. The molecule has 0 aliphatic heterocycles. The summed E-state index contributed by atoms with van der Waals surface area (Å²) in [5.41, 5.74) is 1.53. The first-order chi connectivity index (χ1) is 11.0. The highest BCUT2D eigenvalue weighted by Gasteiger charge is 2.12. The highest BCUT2D eigenvalue weighted by molar-refractivity contribution is 14.0. The number of guanidine groups is 1. The number of hydrogen-bond donors (Lipinski definition) is 1. The lowest BCUT2D eigenvalue weighted by Crippen LogP contribution is -2.39. The Morgan fingerprint density at radius 1 is 1.46 bits per heavy atom. The number of aromatic nitrogens is 1. The van der Waals surface area contributed by atoms with Gasteiger partial charge in [0.25, 0.3) is 0 Å². The fourth-order valence-corrected chi connectivity index (χ4v) is 3.08. The molecule has 0 amide bonds. The molecule has 0 bridgehead atoms. The summed E-state index contributed by atoms with van der Waals surface area (Å²) in [5, 5.41) is 6.81. The molecular formula is C16H21ClFIN4S. The number of halogens is 3. The van der Waals surface area contributed by atoms with Crippen LogP contribution in [-0.2, 0) is 13.0 Å². The molecule has 0 aliphatic rings. The van der Waals surface area contributed by atoms with E-state index in [1.807, 2.05) is 18.9 Å². The minimum absolute atomic E-state index is 0. The first-order valence-electron chi connectivity index (χ1n) is 7.27. The Hall–Kier alpha value is -0.930. The van der Waals surface area contributed by atoms with Gasteiger partial charge < -0.3 is 10.2 Å². The standard InChI is InChI=1S/C16H20ClFN4S.HI/c1-11-21-12(10-23-11)7-8-20-16(19-2)22(3)9-13-14(17)5-4-6-15(13)18;/h4-6,10H,7-9H2,1-3H3,(H,19,20);1H. The highest BCUT2D eigenvalue weighted by atomic mass is 127. The number of benzene rings is 1. The molecule has 0 radical (unpaired) electrons. The van der Waals surface area contributed by atoms with Gasteiger partial charge in [-0.2, -0.15) is 0 Å². The normalized spacial score (nSPS) is 11.1. The van der Waals surface area contributed by atoms with Crippen molar-refractivity contribution in [3.8, 4) is 0 Å². The van der Waals surface area contributed by atoms with E-state index in [1.165, 1.54) is 6.07 Å². The van der Waals surface area contributed by atoms with E-state index < -0.39 is 0 Å². The van der Waals surface area contributed by atoms with Crippen LogP contribution in [0.5, 0.6) is 0 Å². The molecule has 4 nitrogen and oxygen atoms in total. The van der Waals surface area contributed by atoms with Crippen molar-refractivity contribution in [2.75, 3.05) is 20.6 Å². The first kappa shape index (κ1) is 21.1. The average molecular weight is 483 g/mol. The van der Waals surface area contributed by atoms with Gasteiger partial charge in [-0.3, -0.25) is 4.99 Å². The molecule has 132 valence electrons. The molecule has 24 heavy (non-hydrogen) atoms. The quantitative estimate of drug-likeness (QED) is 0.396. The van der Waals surface area contributed by atoms with Crippen LogP contribution in [0.3, 0.4) is 0 Å². The highest BCUT2D eigenvalue weighted by Crippen LogP contribution is 2.20. The van der Waals surface area contributed by atoms with Crippen molar-refractivity contribution in [3.63, 3.8) is 0 Å². The molecule has 0 unspecified atom stereocenters. The molecule has 2 rings (SSSR count). The molecule has 0 saturated carbocycles. The maximum atomic E-state index is 13.9. The molecule has 0 atom stereocenters. The SMILES string of the molecule is CN=C(NCCc1csc(C)n1)N(C)Cc1c(F)cccc1Cl.I. The van der Waals surface area contributed by atoms with E-state index in [2.05, 4.69) is 20.7 Å². The van der Waals surface area contributed by atoms with Crippen molar-refractivity contribution in [3.05, 3.63) is 50.7 Å². The summed E-state index contributed by atoms with van der Waals surface area (Å²) in [7, 11) is 3.56. The van der Waals surface area contributed by atoms with Gasteiger partial charge in [0.1, 0.15) is 5.82 Å². The van der Waals surface area contributed by atoms with Gasteiger partial charge in [0, 0.05) is 49.6 Å². The van der Waals surface area contributed by atoms with Crippen LogP contribution in [0, 0.1) is 12.7 Å². The summed E-state index contributed by atoms with van der Waals surface area (Å²) in [6, 6.07) is 4.70. The van der Waals surface area contributed by atoms with E-state index in [0.717, 1.165) is 17.1 Å². The summed E-state index contributed by atoms with van der Waals surface area (Å²) >= 11 is 7.72. The van der Waals surface area contributed by atoms with Crippen LogP contribution in [0.4, 0.5) is 4.39 Å². The lowest BCUT2D eigenvalue weighted by molar-refractivity contribution is 0.461. The third-order valence-corrected chi connectivity index (χ3v) is 4.54. The van der Waals surface area contributed by atoms with Crippen LogP contribution < -0.4 is 5.32 Å². The molecular weight excluding hydrogens is 462 g/mol. The van der Waals surface area contributed by atoms with Gasteiger partial charge in [-0.05, 0) is 19.1 Å². The topological polar surface area (TPSA) is 40.5 Å². The Morgan fingerprint density at radius 2 is 2.21 bits per heavy atom. The van der Waals surface area contributed by atoms with Crippen LogP contribution in [0.1, 0.15) is 16.3 Å². The second kappa shape index (κ2) is 10.1. The van der Waals surface area contributed by atoms with Crippen LogP contribution in [-0.4, -0.2) is 36.5 Å². The Balaban J connectivity index is 0.00000288. The fourth-order valence-electron chi connectivity index (χ4n) is 2.21. The monoisotopic (exact) mass is 482 g/mol. The van der Waals surface area contributed by atoms with E-state index in [0.29, 0.717) is 29.6 Å². The van der Waals surface area contributed by atoms with Crippen molar-refractivity contribution < 1.29 is 4.39 Å². The zero-order chi connectivity index (χ0) is 16.8. The zero-order valence-corrected chi connectivity index (χ0v) is 17.7. The van der Waals surface area contributed by atoms with Crippen molar-refractivity contribution >= 4 is 52.9 Å². The van der Waals surface area contributed by atoms with Crippen molar-refractivity contribution in [2.45, 2.75) is 19.9 Å². The molecule has 0 fully saturated rings. The van der Waals surface area contributed by atoms with Gasteiger partial charge in [-0.1, -0.05) is 17.7 Å². The summed E-state index contributed by atoms with van der Waals surface area (Å²) in [6.07, 6.45) is 0.817. The number of aliphatic imine (C=N–C) groups is 1. The number of rotatable bonds is 5. The van der Waals surface area contributed by atoms with E-state index in [-0.39, 0.29) is 29.8 Å². The maximum Gasteiger partial charge on any atom is 0.193 e.